The molecule has 1 saturated carbocycles. The van der Waals surface area contributed by atoms with Crippen molar-refractivity contribution < 1.29 is 9.53 Å². The summed E-state index contributed by atoms with van der Waals surface area (Å²) in [5.41, 5.74) is 13.4. The number of rotatable bonds is 11. The van der Waals surface area contributed by atoms with Crippen molar-refractivity contribution in [3.63, 3.8) is 0 Å². The van der Waals surface area contributed by atoms with E-state index in [2.05, 4.69) is 30.2 Å². The van der Waals surface area contributed by atoms with Gasteiger partial charge in [-0.1, -0.05) is 12.8 Å². The van der Waals surface area contributed by atoms with E-state index >= 15 is 0 Å². The van der Waals surface area contributed by atoms with Crippen LogP contribution in [0.2, 0.25) is 0 Å². The number of guanidine groups is 1. The molecule has 3 aromatic heterocycles. The Bertz CT molecular complexity index is 1280. The first-order valence-corrected chi connectivity index (χ1v) is 13.7. The van der Waals surface area contributed by atoms with Gasteiger partial charge in [0.15, 0.2) is 22.9 Å². The van der Waals surface area contributed by atoms with Crippen LogP contribution in [-0.4, -0.2) is 80.7 Å². The molecule has 1 aliphatic heterocycles. The Morgan fingerprint density at radius 3 is 2.64 bits per heavy atom. The fourth-order valence-electron chi connectivity index (χ4n) is 5.01. The summed E-state index contributed by atoms with van der Waals surface area (Å²) >= 11 is 0. The number of aliphatic imine (C=N–C) groups is 1. The third-order valence-electron chi connectivity index (χ3n) is 7.10. The summed E-state index contributed by atoms with van der Waals surface area (Å²) in [6.07, 6.45) is 11.0. The molecular formula is C26H37N11O2. The third kappa shape index (κ3) is 6.72. The minimum Gasteiger partial charge on any atom is -0.378 e. The Labute approximate surface area is 227 Å². The summed E-state index contributed by atoms with van der Waals surface area (Å²) in [4.78, 5) is 37.2. The van der Waals surface area contributed by atoms with Gasteiger partial charge >= 0.3 is 0 Å². The molecule has 0 radical (unpaired) electrons. The maximum absolute atomic E-state index is 12.8. The molecule has 0 bridgehead atoms. The van der Waals surface area contributed by atoms with E-state index in [9.17, 15) is 4.79 Å². The Hall–Kier alpha value is -4.00. The molecule has 0 spiro atoms. The Balaban J connectivity index is 1.31. The monoisotopic (exact) mass is 535 g/mol. The standard InChI is InChI=1S/C26H37N11O2/c27-25(28)29-10-4-1-5-11-30-26-34-22(21-23(35-26)37(17-32-21)19-6-2-3-7-19)33-18-8-9-20(31-16-18)24(38)36-12-14-39-15-13-36/h8-9,16-17,19H,1-7,10-15H2,(H4,27,28,29)(H2,30,33,34,35). The van der Waals surface area contributed by atoms with E-state index in [1.165, 1.54) is 12.8 Å². The van der Waals surface area contributed by atoms with Crippen molar-refractivity contribution in [1.82, 2.24) is 29.4 Å². The molecule has 3 aromatic rings. The number of aromatic nitrogens is 5. The average molecular weight is 536 g/mol. The molecular weight excluding hydrogens is 498 g/mol. The van der Waals surface area contributed by atoms with Crippen molar-refractivity contribution in [2.45, 2.75) is 51.0 Å². The molecule has 6 N–H and O–H groups in total. The topological polar surface area (TPSA) is 174 Å². The van der Waals surface area contributed by atoms with Crippen molar-refractivity contribution in [3.05, 3.63) is 30.4 Å². The zero-order valence-electron chi connectivity index (χ0n) is 22.2. The van der Waals surface area contributed by atoms with Crippen LogP contribution in [0.5, 0.6) is 0 Å². The van der Waals surface area contributed by atoms with Crippen molar-refractivity contribution in [3.8, 4) is 0 Å². The number of anilines is 3. The van der Waals surface area contributed by atoms with E-state index in [1.807, 2.05) is 12.4 Å². The minimum absolute atomic E-state index is 0.0885. The summed E-state index contributed by atoms with van der Waals surface area (Å²) in [5.74, 6) is 1.18. The van der Waals surface area contributed by atoms with Crippen molar-refractivity contribution in [1.29, 1.82) is 0 Å². The maximum atomic E-state index is 12.8. The molecule has 4 heterocycles. The number of pyridine rings is 1. The lowest BCUT2D eigenvalue weighted by Crippen LogP contribution is -2.41. The number of nitrogens with one attached hydrogen (secondary N) is 2. The molecule has 13 heteroatoms. The van der Waals surface area contributed by atoms with Gasteiger partial charge in [0, 0.05) is 32.2 Å². The van der Waals surface area contributed by atoms with E-state index in [4.69, 9.17) is 26.2 Å². The first-order chi connectivity index (χ1) is 19.1. The summed E-state index contributed by atoms with van der Waals surface area (Å²) in [6, 6.07) is 3.97. The Kier molecular flexibility index (Phi) is 8.66. The number of unbranched alkanes of at least 4 members (excludes halogenated alkanes) is 2. The van der Waals surface area contributed by atoms with Gasteiger partial charge in [-0.25, -0.2) is 9.97 Å². The Morgan fingerprint density at radius 1 is 1.08 bits per heavy atom. The van der Waals surface area contributed by atoms with Crippen LogP contribution in [0.4, 0.5) is 17.5 Å². The molecule has 39 heavy (non-hydrogen) atoms. The first-order valence-electron chi connectivity index (χ1n) is 13.7. The van der Waals surface area contributed by atoms with E-state index in [0.717, 1.165) is 50.0 Å². The zero-order valence-corrected chi connectivity index (χ0v) is 22.2. The highest BCUT2D eigenvalue weighted by atomic mass is 16.5. The lowest BCUT2D eigenvalue weighted by atomic mass is 10.2. The summed E-state index contributed by atoms with van der Waals surface area (Å²) in [7, 11) is 0. The van der Waals surface area contributed by atoms with Crippen molar-refractivity contribution >= 4 is 40.5 Å². The van der Waals surface area contributed by atoms with Crippen molar-refractivity contribution in [2.75, 3.05) is 50.0 Å². The Morgan fingerprint density at radius 2 is 1.90 bits per heavy atom. The van der Waals surface area contributed by atoms with E-state index in [1.54, 1.807) is 17.2 Å². The predicted octanol–water partition coefficient (Wildman–Crippen LogP) is 2.41. The quantitative estimate of drug-likeness (QED) is 0.162. The highest BCUT2D eigenvalue weighted by Gasteiger charge is 2.23. The summed E-state index contributed by atoms with van der Waals surface area (Å²) in [6.45, 7) is 3.62. The molecule has 1 saturated heterocycles. The van der Waals surface area contributed by atoms with Gasteiger partial charge in [0.2, 0.25) is 5.95 Å². The molecule has 1 aliphatic carbocycles. The van der Waals surface area contributed by atoms with Gasteiger partial charge in [-0.3, -0.25) is 9.79 Å². The lowest BCUT2D eigenvalue weighted by molar-refractivity contribution is 0.0299. The van der Waals surface area contributed by atoms with E-state index < -0.39 is 0 Å². The number of nitrogens with zero attached hydrogens (tertiary/aromatic N) is 7. The zero-order chi connectivity index (χ0) is 27.0. The van der Waals surface area contributed by atoms with Gasteiger partial charge in [0.1, 0.15) is 5.69 Å². The molecule has 13 nitrogen and oxygen atoms in total. The second kappa shape index (κ2) is 12.7. The molecule has 208 valence electrons. The van der Waals surface area contributed by atoms with Gasteiger partial charge < -0.3 is 36.3 Å². The van der Waals surface area contributed by atoms with Crippen LogP contribution in [0.3, 0.4) is 0 Å². The number of carbonyl (C=O) groups is 1. The summed E-state index contributed by atoms with van der Waals surface area (Å²) in [5, 5.41) is 6.72. The van der Waals surface area contributed by atoms with E-state index in [-0.39, 0.29) is 11.9 Å². The number of nitrogens with two attached hydrogens (primary N) is 2. The van der Waals surface area contributed by atoms with Crippen LogP contribution in [0.15, 0.2) is 29.6 Å². The minimum atomic E-state index is -0.0885. The van der Waals surface area contributed by atoms with E-state index in [0.29, 0.717) is 61.9 Å². The smallest absolute Gasteiger partial charge is 0.272 e. The fourth-order valence-corrected chi connectivity index (χ4v) is 5.01. The first kappa shape index (κ1) is 26.6. The molecule has 0 atom stereocenters. The van der Waals surface area contributed by atoms with Crippen LogP contribution in [-0.2, 0) is 4.74 Å². The number of fused-ring (bicyclic) bond motifs is 1. The molecule has 5 rings (SSSR count). The fraction of sp³-hybridized carbons (Fsp3) is 0.538. The van der Waals surface area contributed by atoms with Crippen LogP contribution >= 0.6 is 0 Å². The molecule has 0 unspecified atom stereocenters. The number of imidazole rings is 1. The number of hydrogen-bond donors (Lipinski definition) is 4. The average Bonchev–Trinajstić information content (AvgIpc) is 3.63. The second-order valence-corrected chi connectivity index (χ2v) is 9.91. The molecule has 1 amide bonds. The number of carbonyl (C=O) groups excluding carboxylic acids is 1. The van der Waals surface area contributed by atoms with Gasteiger partial charge in [0.25, 0.3) is 5.91 Å². The number of amides is 1. The van der Waals surface area contributed by atoms with Gasteiger partial charge in [0.05, 0.1) is 31.4 Å². The van der Waals surface area contributed by atoms with Crippen molar-refractivity contribution in [2.24, 2.45) is 16.5 Å². The van der Waals surface area contributed by atoms with Crippen LogP contribution in [0.25, 0.3) is 11.2 Å². The maximum Gasteiger partial charge on any atom is 0.272 e. The molecule has 0 aromatic carbocycles. The molecule has 2 aliphatic rings. The van der Waals surface area contributed by atoms with Gasteiger partial charge in [-0.05, 0) is 44.2 Å². The van der Waals surface area contributed by atoms with Crippen LogP contribution in [0.1, 0.15) is 61.5 Å². The highest BCUT2D eigenvalue weighted by molar-refractivity contribution is 5.93. The van der Waals surface area contributed by atoms with Gasteiger partial charge in [-0.2, -0.15) is 9.97 Å². The largest absolute Gasteiger partial charge is 0.378 e. The normalized spacial score (nSPS) is 15.9. The van der Waals surface area contributed by atoms with Crippen LogP contribution < -0.4 is 22.1 Å². The SMILES string of the molecule is NC(N)=NCCCCCNc1nc(Nc2ccc(C(=O)N3CCOCC3)nc2)c2ncn(C3CCCC3)c2n1. The third-order valence-corrected chi connectivity index (χ3v) is 7.10. The highest BCUT2D eigenvalue weighted by Crippen LogP contribution is 2.33. The van der Waals surface area contributed by atoms with Gasteiger partial charge in [-0.15, -0.1) is 0 Å². The predicted molar refractivity (Wildman–Crippen MR) is 150 cm³/mol. The molecule has 2 fully saturated rings. The lowest BCUT2D eigenvalue weighted by Gasteiger charge is -2.26. The second-order valence-electron chi connectivity index (χ2n) is 9.91. The number of morpholine rings is 1. The number of ether oxygens (including phenoxy) is 1. The number of hydrogen-bond acceptors (Lipinski definition) is 9. The van der Waals surface area contributed by atoms with Crippen LogP contribution in [0, 0.1) is 0 Å². The summed E-state index contributed by atoms with van der Waals surface area (Å²) < 4.78 is 7.52.